The summed E-state index contributed by atoms with van der Waals surface area (Å²) in [6, 6.07) is 17.7. The predicted octanol–water partition coefficient (Wildman–Crippen LogP) is 2.27. The summed E-state index contributed by atoms with van der Waals surface area (Å²) in [7, 11) is 1.63. The average Bonchev–Trinajstić information content (AvgIpc) is 3.15. The number of benzene rings is 2. The lowest BCUT2D eigenvalue weighted by molar-refractivity contribution is -0.134. The number of carbonyl (C=O) groups excluding carboxylic acids is 3. The van der Waals surface area contributed by atoms with Crippen LogP contribution in [0.4, 0.5) is 0 Å². The van der Waals surface area contributed by atoms with Gasteiger partial charge in [0.1, 0.15) is 11.2 Å². The van der Waals surface area contributed by atoms with Crippen molar-refractivity contribution in [2.45, 2.75) is 32.4 Å². The van der Waals surface area contributed by atoms with Crippen LogP contribution in [0.25, 0.3) is 10.9 Å². The zero-order valence-corrected chi connectivity index (χ0v) is 18.6. The highest BCUT2D eigenvalue weighted by atomic mass is 16.2. The largest absolute Gasteiger partial charge is 0.354 e. The summed E-state index contributed by atoms with van der Waals surface area (Å²) in [6.07, 6.45) is 0.721. The standard InChI is InChI=1S/C25H28N4O3/c1-17-8-10-18(11-9-17)12-13-26-22(30)15-27-24(32)25(2)16-29-20-7-5-4-6-19(20)14-21(29)23(31)28(25)3/h4-11,14H,12-13,15-16H2,1-3H3,(H,26,30)(H,27,32)/t25-/m1/s1. The maximum atomic E-state index is 13.1. The van der Waals surface area contributed by atoms with Gasteiger partial charge in [0.2, 0.25) is 11.8 Å². The van der Waals surface area contributed by atoms with Gasteiger partial charge in [-0.15, -0.1) is 0 Å². The van der Waals surface area contributed by atoms with Crippen LogP contribution in [0.2, 0.25) is 0 Å². The van der Waals surface area contributed by atoms with E-state index in [0.717, 1.165) is 22.9 Å². The molecule has 166 valence electrons. The number of amides is 3. The topological polar surface area (TPSA) is 83.4 Å². The molecular weight excluding hydrogens is 404 g/mol. The normalized spacial score (nSPS) is 17.8. The molecule has 1 aliphatic heterocycles. The van der Waals surface area contributed by atoms with Gasteiger partial charge in [-0.25, -0.2) is 0 Å². The molecule has 0 bridgehead atoms. The Morgan fingerprint density at radius 2 is 1.78 bits per heavy atom. The van der Waals surface area contributed by atoms with Gasteiger partial charge < -0.3 is 20.1 Å². The van der Waals surface area contributed by atoms with E-state index in [4.69, 9.17) is 0 Å². The van der Waals surface area contributed by atoms with E-state index in [0.29, 0.717) is 18.8 Å². The number of rotatable bonds is 6. The highest BCUT2D eigenvalue weighted by Crippen LogP contribution is 2.31. The van der Waals surface area contributed by atoms with Gasteiger partial charge in [-0.1, -0.05) is 48.0 Å². The van der Waals surface area contributed by atoms with E-state index < -0.39 is 5.54 Å². The number of aryl methyl sites for hydroxylation is 1. The van der Waals surface area contributed by atoms with E-state index in [1.54, 1.807) is 14.0 Å². The molecule has 0 radical (unpaired) electrons. The highest BCUT2D eigenvalue weighted by Gasteiger charge is 2.45. The summed E-state index contributed by atoms with van der Waals surface area (Å²) < 4.78 is 1.89. The molecule has 0 saturated carbocycles. The number of para-hydroxylation sites is 1. The second-order valence-electron chi connectivity index (χ2n) is 8.58. The summed E-state index contributed by atoms with van der Waals surface area (Å²) >= 11 is 0. The van der Waals surface area contributed by atoms with Crippen molar-refractivity contribution in [3.63, 3.8) is 0 Å². The quantitative estimate of drug-likeness (QED) is 0.627. The zero-order chi connectivity index (χ0) is 22.9. The number of fused-ring (bicyclic) bond motifs is 3. The first-order valence-corrected chi connectivity index (χ1v) is 10.8. The van der Waals surface area contributed by atoms with Crippen molar-refractivity contribution >= 4 is 28.6 Å². The zero-order valence-electron chi connectivity index (χ0n) is 18.6. The Morgan fingerprint density at radius 1 is 1.06 bits per heavy atom. The highest BCUT2D eigenvalue weighted by molar-refractivity contribution is 6.03. The van der Waals surface area contributed by atoms with Gasteiger partial charge in [0.25, 0.3) is 5.91 Å². The van der Waals surface area contributed by atoms with Crippen molar-refractivity contribution in [3.05, 3.63) is 71.4 Å². The summed E-state index contributed by atoms with van der Waals surface area (Å²) in [5.41, 5.74) is 2.71. The maximum absolute atomic E-state index is 13.1. The summed E-state index contributed by atoms with van der Waals surface area (Å²) in [5.74, 6) is -0.830. The number of nitrogens with zero attached hydrogens (tertiary/aromatic N) is 2. The summed E-state index contributed by atoms with van der Waals surface area (Å²) in [4.78, 5) is 39.8. The van der Waals surface area contributed by atoms with Crippen LogP contribution in [-0.2, 0) is 22.6 Å². The van der Waals surface area contributed by atoms with Gasteiger partial charge in [0.05, 0.1) is 13.1 Å². The molecule has 3 amide bonds. The molecule has 0 saturated heterocycles. The third-order valence-corrected chi connectivity index (χ3v) is 6.30. The van der Waals surface area contributed by atoms with Crippen molar-refractivity contribution in [1.82, 2.24) is 20.1 Å². The molecule has 2 N–H and O–H groups in total. The second-order valence-corrected chi connectivity index (χ2v) is 8.58. The van der Waals surface area contributed by atoms with E-state index in [1.807, 2.05) is 66.1 Å². The third kappa shape index (κ3) is 3.98. The lowest BCUT2D eigenvalue weighted by atomic mass is 9.95. The Labute approximate surface area is 187 Å². The lowest BCUT2D eigenvalue weighted by Crippen LogP contribution is -2.63. The fraction of sp³-hybridized carbons (Fsp3) is 0.320. The summed E-state index contributed by atoms with van der Waals surface area (Å²) in [5, 5.41) is 6.51. The Morgan fingerprint density at radius 3 is 2.53 bits per heavy atom. The molecule has 32 heavy (non-hydrogen) atoms. The molecule has 1 atom stereocenters. The first-order chi connectivity index (χ1) is 15.3. The van der Waals surface area contributed by atoms with Gasteiger partial charge in [0, 0.05) is 24.5 Å². The van der Waals surface area contributed by atoms with E-state index in [9.17, 15) is 14.4 Å². The fourth-order valence-corrected chi connectivity index (χ4v) is 4.11. The van der Waals surface area contributed by atoms with Crippen LogP contribution < -0.4 is 10.6 Å². The molecule has 7 heteroatoms. The maximum Gasteiger partial charge on any atom is 0.271 e. The van der Waals surface area contributed by atoms with Crippen molar-refractivity contribution in [1.29, 1.82) is 0 Å². The molecule has 2 heterocycles. The van der Waals surface area contributed by atoms with Crippen molar-refractivity contribution < 1.29 is 14.4 Å². The Balaban J connectivity index is 1.37. The van der Waals surface area contributed by atoms with E-state index >= 15 is 0 Å². The monoisotopic (exact) mass is 432 g/mol. The molecule has 0 spiro atoms. The molecule has 3 aromatic rings. The van der Waals surface area contributed by atoms with Crippen LogP contribution in [0.1, 0.15) is 28.5 Å². The van der Waals surface area contributed by atoms with Gasteiger partial charge in [-0.05, 0) is 38.0 Å². The first kappa shape index (κ1) is 21.6. The number of nitrogens with one attached hydrogen (secondary N) is 2. The SMILES string of the molecule is Cc1ccc(CCNC(=O)CNC(=O)[C@@]2(C)Cn3c(cc4ccccc43)C(=O)N2C)cc1. The van der Waals surface area contributed by atoms with Crippen LogP contribution in [0.3, 0.4) is 0 Å². The number of hydrogen-bond donors (Lipinski definition) is 2. The average molecular weight is 433 g/mol. The second kappa shape index (κ2) is 8.49. The fourth-order valence-electron chi connectivity index (χ4n) is 4.11. The minimum atomic E-state index is -1.10. The number of aromatic nitrogens is 1. The molecule has 1 aliphatic rings. The van der Waals surface area contributed by atoms with E-state index in [2.05, 4.69) is 10.6 Å². The first-order valence-electron chi connectivity index (χ1n) is 10.8. The number of hydrogen-bond acceptors (Lipinski definition) is 3. The third-order valence-electron chi connectivity index (χ3n) is 6.30. The van der Waals surface area contributed by atoms with Gasteiger partial charge in [-0.2, -0.15) is 0 Å². The van der Waals surface area contributed by atoms with Crippen LogP contribution in [0.15, 0.2) is 54.6 Å². The predicted molar refractivity (Wildman–Crippen MR) is 123 cm³/mol. The Kier molecular flexibility index (Phi) is 5.74. The van der Waals surface area contributed by atoms with Crippen molar-refractivity contribution in [2.75, 3.05) is 20.1 Å². The number of carbonyl (C=O) groups is 3. The van der Waals surface area contributed by atoms with Crippen LogP contribution >= 0.6 is 0 Å². The number of likely N-dealkylation sites (N-methyl/N-ethyl adjacent to an activating group) is 1. The van der Waals surface area contributed by atoms with Gasteiger partial charge in [0.15, 0.2) is 0 Å². The van der Waals surface area contributed by atoms with Crippen LogP contribution in [0, 0.1) is 6.92 Å². The summed E-state index contributed by atoms with van der Waals surface area (Å²) in [6.45, 7) is 4.44. The van der Waals surface area contributed by atoms with E-state index in [-0.39, 0.29) is 24.3 Å². The lowest BCUT2D eigenvalue weighted by Gasteiger charge is -2.41. The Bertz CT molecular complexity index is 1180. The smallest absolute Gasteiger partial charge is 0.271 e. The molecule has 7 nitrogen and oxygen atoms in total. The van der Waals surface area contributed by atoms with E-state index in [1.165, 1.54) is 10.5 Å². The van der Waals surface area contributed by atoms with Crippen LogP contribution in [-0.4, -0.2) is 52.9 Å². The minimum Gasteiger partial charge on any atom is -0.354 e. The molecular formula is C25H28N4O3. The molecule has 0 aliphatic carbocycles. The molecule has 2 aromatic carbocycles. The molecule has 0 fully saturated rings. The minimum absolute atomic E-state index is 0.135. The van der Waals surface area contributed by atoms with Crippen molar-refractivity contribution in [2.24, 2.45) is 0 Å². The van der Waals surface area contributed by atoms with Gasteiger partial charge in [-0.3, -0.25) is 14.4 Å². The molecule has 1 aromatic heterocycles. The van der Waals surface area contributed by atoms with Crippen LogP contribution in [0.5, 0.6) is 0 Å². The van der Waals surface area contributed by atoms with Gasteiger partial charge >= 0.3 is 0 Å². The van der Waals surface area contributed by atoms with Crippen molar-refractivity contribution in [3.8, 4) is 0 Å². The molecule has 0 unspecified atom stereocenters. The Hall–Kier alpha value is -3.61. The molecule has 4 rings (SSSR count).